The lowest BCUT2D eigenvalue weighted by molar-refractivity contribution is 0.180. The second-order valence-corrected chi connectivity index (χ2v) is 6.58. The summed E-state index contributed by atoms with van der Waals surface area (Å²) in [4.78, 5) is 6.76. The summed E-state index contributed by atoms with van der Waals surface area (Å²) in [6.07, 6.45) is 1.86. The van der Waals surface area contributed by atoms with Crippen molar-refractivity contribution in [3.8, 4) is 0 Å². The van der Waals surface area contributed by atoms with Gasteiger partial charge in [0.15, 0.2) is 0 Å². The summed E-state index contributed by atoms with van der Waals surface area (Å²) in [5.41, 5.74) is 1.32. The molecule has 0 amide bonds. The van der Waals surface area contributed by atoms with Crippen LogP contribution in [0.2, 0.25) is 0 Å². The third-order valence-electron chi connectivity index (χ3n) is 3.61. The Morgan fingerprint density at radius 1 is 1.26 bits per heavy atom. The topological polar surface area (TPSA) is 28.2 Å². The lowest BCUT2D eigenvalue weighted by Crippen LogP contribution is -2.44. The van der Waals surface area contributed by atoms with E-state index in [1.54, 1.807) is 0 Å². The lowest BCUT2D eigenvalue weighted by atomic mass is 10.00. The highest BCUT2D eigenvalue weighted by molar-refractivity contribution is 5.03. The molecule has 3 heteroatoms. The maximum Gasteiger partial charge on any atom is 0.0543 e. The minimum atomic E-state index is 0.188. The SMILES string of the molecule is CC(CNC(C)(C)C)C(C)N(C)Cc1ccccn1. The average molecular weight is 263 g/mol. The summed E-state index contributed by atoms with van der Waals surface area (Å²) < 4.78 is 0. The third kappa shape index (κ3) is 6.17. The molecule has 1 aromatic rings. The molecule has 1 heterocycles. The average Bonchev–Trinajstić information content (AvgIpc) is 2.35. The fourth-order valence-corrected chi connectivity index (χ4v) is 1.96. The van der Waals surface area contributed by atoms with E-state index in [1.807, 2.05) is 18.3 Å². The molecule has 0 bridgehead atoms. The van der Waals surface area contributed by atoms with Gasteiger partial charge in [-0.25, -0.2) is 0 Å². The fourth-order valence-electron chi connectivity index (χ4n) is 1.96. The van der Waals surface area contributed by atoms with Crippen molar-refractivity contribution in [1.82, 2.24) is 15.2 Å². The molecule has 0 spiro atoms. The molecule has 0 saturated heterocycles. The predicted molar refractivity (Wildman–Crippen MR) is 82.1 cm³/mol. The van der Waals surface area contributed by atoms with Crippen LogP contribution in [0.25, 0.3) is 0 Å². The van der Waals surface area contributed by atoms with Crippen molar-refractivity contribution < 1.29 is 0 Å². The molecular weight excluding hydrogens is 234 g/mol. The number of hydrogen-bond acceptors (Lipinski definition) is 3. The van der Waals surface area contributed by atoms with Crippen molar-refractivity contribution in [2.24, 2.45) is 5.92 Å². The van der Waals surface area contributed by atoms with Crippen LogP contribution >= 0.6 is 0 Å². The van der Waals surface area contributed by atoms with Gasteiger partial charge in [0.2, 0.25) is 0 Å². The Labute approximate surface area is 118 Å². The van der Waals surface area contributed by atoms with Gasteiger partial charge in [0, 0.05) is 24.3 Å². The molecule has 1 aromatic heterocycles. The van der Waals surface area contributed by atoms with Gasteiger partial charge in [-0.2, -0.15) is 0 Å². The first-order valence-electron chi connectivity index (χ1n) is 7.15. The van der Waals surface area contributed by atoms with Gasteiger partial charge in [-0.3, -0.25) is 9.88 Å². The smallest absolute Gasteiger partial charge is 0.0543 e. The number of rotatable bonds is 6. The molecule has 0 saturated carbocycles. The number of nitrogens with zero attached hydrogens (tertiary/aromatic N) is 2. The van der Waals surface area contributed by atoms with E-state index in [4.69, 9.17) is 0 Å². The highest BCUT2D eigenvalue weighted by Crippen LogP contribution is 2.12. The molecule has 0 radical (unpaired) electrons. The molecule has 1 rings (SSSR count). The molecule has 1 N–H and O–H groups in total. The van der Waals surface area contributed by atoms with Crippen LogP contribution in [0.4, 0.5) is 0 Å². The molecule has 0 fully saturated rings. The molecule has 2 atom stereocenters. The molecule has 0 aliphatic heterocycles. The first-order valence-corrected chi connectivity index (χ1v) is 7.15. The summed E-state index contributed by atoms with van der Waals surface area (Å²) >= 11 is 0. The van der Waals surface area contributed by atoms with Crippen LogP contribution in [0.1, 0.15) is 40.3 Å². The largest absolute Gasteiger partial charge is 0.312 e. The molecule has 108 valence electrons. The van der Waals surface area contributed by atoms with Crippen molar-refractivity contribution in [2.45, 2.75) is 52.7 Å². The molecular formula is C16H29N3. The van der Waals surface area contributed by atoms with E-state index in [2.05, 4.69) is 62.9 Å². The lowest BCUT2D eigenvalue weighted by Gasteiger charge is -2.32. The Balaban J connectivity index is 2.45. The molecule has 3 nitrogen and oxygen atoms in total. The van der Waals surface area contributed by atoms with E-state index in [0.717, 1.165) is 18.8 Å². The first-order chi connectivity index (χ1) is 8.79. The zero-order valence-electron chi connectivity index (χ0n) is 13.3. The van der Waals surface area contributed by atoms with E-state index in [9.17, 15) is 0 Å². The molecule has 0 aliphatic rings. The Kier molecular flexibility index (Phi) is 5.95. The van der Waals surface area contributed by atoms with Crippen molar-refractivity contribution >= 4 is 0 Å². The highest BCUT2D eigenvalue weighted by atomic mass is 15.1. The van der Waals surface area contributed by atoms with Crippen molar-refractivity contribution in [2.75, 3.05) is 13.6 Å². The van der Waals surface area contributed by atoms with Gasteiger partial charge in [0.05, 0.1) is 5.69 Å². The van der Waals surface area contributed by atoms with Crippen LogP contribution in [-0.4, -0.2) is 35.1 Å². The van der Waals surface area contributed by atoms with Gasteiger partial charge in [0.25, 0.3) is 0 Å². The Morgan fingerprint density at radius 3 is 2.47 bits per heavy atom. The number of aromatic nitrogens is 1. The van der Waals surface area contributed by atoms with Crippen LogP contribution in [0.3, 0.4) is 0 Å². The molecule has 19 heavy (non-hydrogen) atoms. The first kappa shape index (κ1) is 16.1. The van der Waals surface area contributed by atoms with Crippen LogP contribution in [0.15, 0.2) is 24.4 Å². The number of pyridine rings is 1. The molecule has 0 aliphatic carbocycles. The maximum absolute atomic E-state index is 4.39. The number of nitrogens with one attached hydrogen (secondary N) is 1. The molecule has 0 aromatic carbocycles. The Morgan fingerprint density at radius 2 is 1.95 bits per heavy atom. The second kappa shape index (κ2) is 7.01. The number of hydrogen-bond donors (Lipinski definition) is 1. The van der Waals surface area contributed by atoms with Crippen LogP contribution < -0.4 is 5.32 Å². The van der Waals surface area contributed by atoms with Crippen molar-refractivity contribution in [3.05, 3.63) is 30.1 Å². The van der Waals surface area contributed by atoms with E-state index in [0.29, 0.717) is 12.0 Å². The third-order valence-corrected chi connectivity index (χ3v) is 3.61. The van der Waals surface area contributed by atoms with E-state index in [1.165, 1.54) is 0 Å². The quantitative estimate of drug-likeness (QED) is 0.855. The van der Waals surface area contributed by atoms with Crippen LogP contribution in [0, 0.1) is 5.92 Å². The fraction of sp³-hybridized carbons (Fsp3) is 0.688. The Hall–Kier alpha value is -0.930. The highest BCUT2D eigenvalue weighted by Gasteiger charge is 2.19. The summed E-state index contributed by atoms with van der Waals surface area (Å²) in [6.45, 7) is 13.2. The van der Waals surface area contributed by atoms with Gasteiger partial charge < -0.3 is 5.32 Å². The van der Waals surface area contributed by atoms with E-state index < -0.39 is 0 Å². The van der Waals surface area contributed by atoms with Gasteiger partial charge in [-0.15, -0.1) is 0 Å². The summed E-state index contributed by atoms with van der Waals surface area (Å²) in [7, 11) is 2.17. The Bertz CT molecular complexity index is 356. The second-order valence-electron chi connectivity index (χ2n) is 6.58. The zero-order valence-corrected chi connectivity index (χ0v) is 13.3. The van der Waals surface area contributed by atoms with Crippen LogP contribution in [-0.2, 0) is 6.54 Å². The van der Waals surface area contributed by atoms with E-state index in [-0.39, 0.29) is 5.54 Å². The normalized spacial score (nSPS) is 15.5. The van der Waals surface area contributed by atoms with Crippen LogP contribution in [0.5, 0.6) is 0 Å². The maximum atomic E-state index is 4.39. The van der Waals surface area contributed by atoms with Gasteiger partial charge in [-0.05, 0) is 59.3 Å². The summed E-state index contributed by atoms with van der Waals surface area (Å²) in [5, 5.41) is 3.58. The minimum absolute atomic E-state index is 0.188. The van der Waals surface area contributed by atoms with Gasteiger partial charge in [-0.1, -0.05) is 13.0 Å². The minimum Gasteiger partial charge on any atom is -0.312 e. The van der Waals surface area contributed by atoms with Gasteiger partial charge >= 0.3 is 0 Å². The standard InChI is InChI=1S/C16H29N3/c1-13(11-18-16(3,4)5)14(2)19(6)12-15-9-7-8-10-17-15/h7-10,13-14,18H,11-12H2,1-6H3. The zero-order chi connectivity index (χ0) is 14.5. The summed E-state index contributed by atoms with van der Waals surface area (Å²) in [6, 6.07) is 6.62. The molecule has 2 unspecified atom stereocenters. The van der Waals surface area contributed by atoms with E-state index >= 15 is 0 Å². The van der Waals surface area contributed by atoms with Crippen molar-refractivity contribution in [1.29, 1.82) is 0 Å². The predicted octanol–water partition coefficient (Wildman–Crippen LogP) is 2.93. The monoisotopic (exact) mass is 263 g/mol. The summed E-state index contributed by atoms with van der Waals surface area (Å²) in [5.74, 6) is 0.605. The van der Waals surface area contributed by atoms with Crippen molar-refractivity contribution in [3.63, 3.8) is 0 Å². The van der Waals surface area contributed by atoms with Gasteiger partial charge in [0.1, 0.15) is 0 Å².